The van der Waals surface area contributed by atoms with Crippen LogP contribution in [0.25, 0.3) is 22.6 Å². The number of rotatable bonds is 2. The zero-order valence-corrected chi connectivity index (χ0v) is 15.4. The fourth-order valence-electron chi connectivity index (χ4n) is 3.40. The van der Waals surface area contributed by atoms with Crippen LogP contribution >= 0.6 is 0 Å². The molecular formula is C21H16F3N3O2. The van der Waals surface area contributed by atoms with E-state index in [1.165, 1.54) is 17.6 Å². The van der Waals surface area contributed by atoms with E-state index in [0.29, 0.717) is 24.5 Å². The number of allylic oxidation sites excluding steroid dienone is 1. The van der Waals surface area contributed by atoms with Crippen molar-refractivity contribution in [3.63, 3.8) is 0 Å². The van der Waals surface area contributed by atoms with Gasteiger partial charge in [-0.15, -0.1) is 0 Å². The number of fused-ring (bicyclic) bond motifs is 2. The third-order valence-corrected chi connectivity index (χ3v) is 4.75. The van der Waals surface area contributed by atoms with Crippen LogP contribution in [0.3, 0.4) is 0 Å². The third kappa shape index (κ3) is 3.65. The van der Waals surface area contributed by atoms with Crippen LogP contribution in [-0.2, 0) is 17.5 Å². The standard InChI is InChI=1S/C21H16F3N3O2/c1-12(28)25-16-5-2-13(3-6-16)10-14-8-9-27-19(14)26-18-11-15(21(22,23)24)4-7-17(18)20(27)29/h2-7,10-11H,8-9H2,1H3,(H,25,28)/b14-10+. The zero-order valence-electron chi connectivity index (χ0n) is 15.4. The van der Waals surface area contributed by atoms with E-state index in [0.717, 1.165) is 23.3 Å². The molecule has 0 fully saturated rings. The number of carbonyl (C=O) groups is 1. The molecule has 1 aliphatic heterocycles. The molecule has 1 N–H and O–H groups in total. The molecule has 8 heteroatoms. The van der Waals surface area contributed by atoms with Gasteiger partial charge in [0.05, 0.1) is 16.5 Å². The summed E-state index contributed by atoms with van der Waals surface area (Å²) in [5.74, 6) is 0.210. The summed E-state index contributed by atoms with van der Waals surface area (Å²) < 4.78 is 40.5. The molecule has 1 amide bonds. The highest BCUT2D eigenvalue weighted by atomic mass is 19.4. The van der Waals surface area contributed by atoms with Crippen LogP contribution < -0.4 is 10.9 Å². The quantitative estimate of drug-likeness (QED) is 0.698. The lowest BCUT2D eigenvalue weighted by Crippen LogP contribution is -2.21. The number of nitrogens with zero attached hydrogens (tertiary/aromatic N) is 2. The molecule has 2 aromatic carbocycles. The van der Waals surface area contributed by atoms with Gasteiger partial charge in [-0.25, -0.2) is 4.98 Å². The highest BCUT2D eigenvalue weighted by molar-refractivity contribution is 5.89. The second-order valence-corrected chi connectivity index (χ2v) is 6.84. The van der Waals surface area contributed by atoms with Gasteiger partial charge >= 0.3 is 6.18 Å². The van der Waals surface area contributed by atoms with Gasteiger partial charge in [-0.2, -0.15) is 13.2 Å². The molecule has 3 aromatic rings. The molecule has 5 nitrogen and oxygen atoms in total. The molecule has 0 saturated heterocycles. The van der Waals surface area contributed by atoms with Crippen molar-refractivity contribution in [1.82, 2.24) is 9.55 Å². The summed E-state index contributed by atoms with van der Waals surface area (Å²) in [6, 6.07) is 10.1. The summed E-state index contributed by atoms with van der Waals surface area (Å²) >= 11 is 0. The predicted molar refractivity (Wildman–Crippen MR) is 104 cm³/mol. The predicted octanol–water partition coefficient (Wildman–Crippen LogP) is 4.32. The molecule has 1 aromatic heterocycles. The van der Waals surface area contributed by atoms with E-state index < -0.39 is 11.7 Å². The van der Waals surface area contributed by atoms with Crippen LogP contribution in [0.4, 0.5) is 18.9 Å². The maximum atomic E-state index is 13.0. The largest absolute Gasteiger partial charge is 0.416 e. The van der Waals surface area contributed by atoms with Crippen molar-refractivity contribution in [2.24, 2.45) is 0 Å². The number of carbonyl (C=O) groups excluding carboxylic acids is 1. The number of anilines is 1. The molecule has 1 aliphatic rings. The SMILES string of the molecule is CC(=O)Nc1ccc(/C=C2\CCn3c2nc2cc(C(F)(F)F)ccc2c3=O)cc1. The van der Waals surface area contributed by atoms with Crippen LogP contribution in [0.15, 0.2) is 47.3 Å². The minimum atomic E-state index is -4.50. The zero-order chi connectivity index (χ0) is 20.8. The van der Waals surface area contributed by atoms with Gasteiger partial charge in [0.2, 0.25) is 5.91 Å². The van der Waals surface area contributed by atoms with Crippen molar-refractivity contribution < 1.29 is 18.0 Å². The van der Waals surface area contributed by atoms with Crippen molar-refractivity contribution in [3.05, 3.63) is 69.8 Å². The van der Waals surface area contributed by atoms with Gasteiger partial charge in [0.1, 0.15) is 5.82 Å². The highest BCUT2D eigenvalue weighted by Gasteiger charge is 2.31. The second-order valence-electron chi connectivity index (χ2n) is 6.84. The van der Waals surface area contributed by atoms with Crippen LogP contribution in [0, 0.1) is 0 Å². The lowest BCUT2D eigenvalue weighted by molar-refractivity contribution is -0.137. The van der Waals surface area contributed by atoms with Gasteiger partial charge in [0.25, 0.3) is 5.56 Å². The van der Waals surface area contributed by atoms with Crippen molar-refractivity contribution in [1.29, 1.82) is 0 Å². The first-order valence-electron chi connectivity index (χ1n) is 8.93. The Kier molecular flexibility index (Phi) is 4.49. The first-order chi connectivity index (χ1) is 13.7. The molecule has 0 atom stereocenters. The minimum absolute atomic E-state index is 0.0323. The number of benzene rings is 2. The van der Waals surface area contributed by atoms with Gasteiger partial charge in [0.15, 0.2) is 0 Å². The molecule has 0 bridgehead atoms. The Morgan fingerprint density at radius 2 is 1.90 bits per heavy atom. The van der Waals surface area contributed by atoms with E-state index in [1.807, 2.05) is 18.2 Å². The summed E-state index contributed by atoms with van der Waals surface area (Å²) in [5, 5.41) is 2.85. The third-order valence-electron chi connectivity index (χ3n) is 4.75. The van der Waals surface area contributed by atoms with Crippen molar-refractivity contribution in [2.75, 3.05) is 5.32 Å². The second kappa shape index (κ2) is 6.88. The van der Waals surface area contributed by atoms with E-state index in [4.69, 9.17) is 0 Å². The normalized spacial score (nSPS) is 15.0. The molecule has 0 radical (unpaired) electrons. The smallest absolute Gasteiger partial charge is 0.326 e. The molecular weight excluding hydrogens is 383 g/mol. The average Bonchev–Trinajstić information content (AvgIpc) is 3.05. The van der Waals surface area contributed by atoms with Gasteiger partial charge < -0.3 is 5.32 Å². The van der Waals surface area contributed by atoms with Crippen LogP contribution in [0.1, 0.15) is 30.3 Å². The van der Waals surface area contributed by atoms with E-state index in [9.17, 15) is 22.8 Å². The molecule has 2 heterocycles. The number of alkyl halides is 3. The topological polar surface area (TPSA) is 64.0 Å². The summed E-state index contributed by atoms with van der Waals surface area (Å²) in [7, 11) is 0. The summed E-state index contributed by atoms with van der Waals surface area (Å²) in [5.41, 5.74) is 1.12. The summed E-state index contributed by atoms with van der Waals surface area (Å²) in [4.78, 5) is 28.2. The molecule has 0 unspecified atom stereocenters. The fraction of sp³-hybridized carbons (Fsp3) is 0.190. The Balaban J connectivity index is 1.76. The lowest BCUT2D eigenvalue weighted by Gasteiger charge is -2.09. The number of aromatic nitrogens is 2. The highest BCUT2D eigenvalue weighted by Crippen LogP contribution is 2.32. The maximum absolute atomic E-state index is 13.0. The number of halogens is 3. The van der Waals surface area contributed by atoms with Gasteiger partial charge in [0, 0.05) is 19.2 Å². The Hall–Kier alpha value is -3.42. The summed E-state index contributed by atoms with van der Waals surface area (Å²) in [6.07, 6.45) is -2.10. The van der Waals surface area contributed by atoms with Crippen molar-refractivity contribution in [2.45, 2.75) is 26.1 Å². The first-order valence-corrected chi connectivity index (χ1v) is 8.93. The monoisotopic (exact) mass is 399 g/mol. The Morgan fingerprint density at radius 3 is 2.55 bits per heavy atom. The van der Waals surface area contributed by atoms with Gasteiger partial charge in [-0.3, -0.25) is 14.2 Å². The maximum Gasteiger partial charge on any atom is 0.416 e. The number of hydrogen-bond donors (Lipinski definition) is 1. The Labute approximate surface area is 163 Å². The minimum Gasteiger partial charge on any atom is -0.326 e. The molecule has 0 saturated carbocycles. The lowest BCUT2D eigenvalue weighted by atomic mass is 10.1. The van der Waals surface area contributed by atoms with E-state index in [-0.39, 0.29) is 22.4 Å². The van der Waals surface area contributed by atoms with Crippen LogP contribution in [0.2, 0.25) is 0 Å². The molecule has 29 heavy (non-hydrogen) atoms. The average molecular weight is 399 g/mol. The molecule has 148 valence electrons. The molecule has 0 aliphatic carbocycles. The number of nitrogens with one attached hydrogen (secondary N) is 1. The Bertz CT molecular complexity index is 1210. The van der Waals surface area contributed by atoms with Crippen LogP contribution in [0.5, 0.6) is 0 Å². The van der Waals surface area contributed by atoms with Gasteiger partial charge in [-0.05, 0) is 54.0 Å². The van der Waals surface area contributed by atoms with Crippen molar-refractivity contribution >= 4 is 34.1 Å². The Morgan fingerprint density at radius 1 is 1.17 bits per heavy atom. The number of hydrogen-bond acceptors (Lipinski definition) is 3. The fourth-order valence-corrected chi connectivity index (χ4v) is 3.40. The van der Waals surface area contributed by atoms with Crippen LogP contribution in [-0.4, -0.2) is 15.5 Å². The molecule has 4 rings (SSSR count). The van der Waals surface area contributed by atoms with Gasteiger partial charge in [-0.1, -0.05) is 12.1 Å². The number of amides is 1. The summed E-state index contributed by atoms with van der Waals surface area (Å²) in [6.45, 7) is 1.84. The first kappa shape index (κ1) is 18.9. The van der Waals surface area contributed by atoms with E-state index in [1.54, 1.807) is 12.1 Å². The molecule has 0 spiro atoms. The van der Waals surface area contributed by atoms with Crippen molar-refractivity contribution in [3.8, 4) is 0 Å². The van der Waals surface area contributed by atoms with E-state index in [2.05, 4.69) is 10.3 Å². The van der Waals surface area contributed by atoms with E-state index >= 15 is 0 Å².